The summed E-state index contributed by atoms with van der Waals surface area (Å²) in [4.78, 5) is 0. The molecule has 0 aliphatic carbocycles. The standard InChI is InChI=1S/C19H39N/c1-13(2)16(6,7)18(10,11)15(5)19(12,20)17(8,9)14(3)4/h13-14H,5,20H2,1-4,6-12H3. The molecule has 0 heterocycles. The van der Waals surface area contributed by atoms with Gasteiger partial charge in [0.2, 0.25) is 0 Å². The first kappa shape index (κ1) is 19.7. The van der Waals surface area contributed by atoms with E-state index in [1.165, 1.54) is 5.57 Å². The highest BCUT2D eigenvalue weighted by molar-refractivity contribution is 5.28. The Labute approximate surface area is 128 Å². The number of rotatable bonds is 6. The van der Waals surface area contributed by atoms with Gasteiger partial charge in [-0.05, 0) is 35.0 Å². The summed E-state index contributed by atoms with van der Waals surface area (Å²) >= 11 is 0. The fourth-order valence-corrected chi connectivity index (χ4v) is 2.75. The second-order valence-corrected chi connectivity index (χ2v) is 9.06. The molecule has 1 unspecified atom stereocenters. The van der Waals surface area contributed by atoms with Crippen LogP contribution in [0.1, 0.15) is 76.2 Å². The fraction of sp³-hybridized carbons (Fsp3) is 0.895. The van der Waals surface area contributed by atoms with Gasteiger partial charge in [-0.25, -0.2) is 0 Å². The predicted octanol–water partition coefficient (Wildman–Crippen LogP) is 5.65. The lowest BCUT2D eigenvalue weighted by Crippen LogP contribution is -2.58. The molecule has 0 radical (unpaired) electrons. The lowest BCUT2D eigenvalue weighted by Gasteiger charge is -2.55. The molecule has 0 saturated heterocycles. The Morgan fingerprint density at radius 1 is 0.750 bits per heavy atom. The zero-order valence-electron chi connectivity index (χ0n) is 15.9. The Morgan fingerprint density at radius 2 is 1.05 bits per heavy atom. The number of hydrogen-bond donors (Lipinski definition) is 1. The van der Waals surface area contributed by atoms with Gasteiger partial charge in [0, 0.05) is 5.54 Å². The van der Waals surface area contributed by atoms with Gasteiger partial charge in [-0.15, -0.1) is 0 Å². The van der Waals surface area contributed by atoms with Crippen molar-refractivity contribution >= 4 is 0 Å². The topological polar surface area (TPSA) is 26.0 Å². The second-order valence-electron chi connectivity index (χ2n) is 9.06. The second kappa shape index (κ2) is 5.48. The lowest BCUT2D eigenvalue weighted by atomic mass is 9.52. The summed E-state index contributed by atoms with van der Waals surface area (Å²) in [6, 6.07) is 0. The van der Waals surface area contributed by atoms with Crippen molar-refractivity contribution in [3.05, 3.63) is 12.2 Å². The van der Waals surface area contributed by atoms with E-state index in [2.05, 4.69) is 82.7 Å². The average Bonchev–Trinajstić information content (AvgIpc) is 2.26. The summed E-state index contributed by atoms with van der Waals surface area (Å²) in [6.07, 6.45) is 0. The molecule has 0 saturated carbocycles. The van der Waals surface area contributed by atoms with Crippen LogP contribution in [0.25, 0.3) is 0 Å². The van der Waals surface area contributed by atoms with Crippen molar-refractivity contribution in [1.29, 1.82) is 0 Å². The minimum atomic E-state index is -0.392. The Hall–Kier alpha value is -0.300. The highest BCUT2D eigenvalue weighted by Gasteiger charge is 2.51. The highest BCUT2D eigenvalue weighted by atomic mass is 14.8. The van der Waals surface area contributed by atoms with E-state index >= 15 is 0 Å². The van der Waals surface area contributed by atoms with Crippen LogP contribution in [0, 0.1) is 28.1 Å². The van der Waals surface area contributed by atoms with E-state index in [4.69, 9.17) is 5.73 Å². The van der Waals surface area contributed by atoms with Crippen LogP contribution < -0.4 is 5.73 Å². The summed E-state index contributed by atoms with van der Waals surface area (Å²) in [5, 5.41) is 0. The minimum absolute atomic E-state index is 0.00835. The molecular weight excluding hydrogens is 242 g/mol. The molecule has 0 spiro atoms. The Morgan fingerprint density at radius 3 is 1.30 bits per heavy atom. The van der Waals surface area contributed by atoms with Crippen molar-refractivity contribution < 1.29 is 0 Å². The van der Waals surface area contributed by atoms with Crippen molar-refractivity contribution in [3.63, 3.8) is 0 Å². The Balaban J connectivity index is 5.78. The molecule has 0 aromatic rings. The first-order chi connectivity index (χ1) is 8.54. The van der Waals surface area contributed by atoms with Crippen molar-refractivity contribution in [2.24, 2.45) is 33.8 Å². The van der Waals surface area contributed by atoms with Crippen LogP contribution in [-0.4, -0.2) is 5.54 Å². The normalized spacial score (nSPS) is 17.5. The Bertz CT molecular complexity index is 320. The van der Waals surface area contributed by atoms with Crippen LogP contribution >= 0.6 is 0 Å². The molecule has 120 valence electrons. The fourth-order valence-electron chi connectivity index (χ4n) is 2.75. The Kier molecular flexibility index (Phi) is 5.40. The minimum Gasteiger partial charge on any atom is -0.321 e. The van der Waals surface area contributed by atoms with Gasteiger partial charge < -0.3 is 5.73 Å². The molecule has 1 atom stereocenters. The molecule has 0 aliphatic heterocycles. The zero-order chi connectivity index (χ0) is 16.7. The molecule has 0 aromatic carbocycles. The van der Waals surface area contributed by atoms with Crippen molar-refractivity contribution in [2.45, 2.75) is 81.7 Å². The lowest BCUT2D eigenvalue weighted by molar-refractivity contribution is 0.0490. The van der Waals surface area contributed by atoms with E-state index in [-0.39, 0.29) is 16.2 Å². The summed E-state index contributed by atoms with van der Waals surface area (Å²) in [5.74, 6) is 1.08. The highest BCUT2D eigenvalue weighted by Crippen LogP contribution is 2.54. The summed E-state index contributed by atoms with van der Waals surface area (Å²) in [5.41, 5.74) is 7.74. The van der Waals surface area contributed by atoms with Crippen LogP contribution in [0.2, 0.25) is 0 Å². The maximum atomic E-state index is 6.82. The summed E-state index contributed by atoms with van der Waals surface area (Å²) in [7, 11) is 0. The van der Waals surface area contributed by atoms with Crippen LogP contribution in [0.15, 0.2) is 12.2 Å². The van der Waals surface area contributed by atoms with Crippen LogP contribution in [0.3, 0.4) is 0 Å². The molecule has 1 heteroatoms. The predicted molar refractivity (Wildman–Crippen MR) is 92.8 cm³/mol. The third-order valence-electron chi connectivity index (χ3n) is 7.22. The SMILES string of the molecule is C=C(C(C)(C)C(C)(C)C(C)C)C(C)(N)C(C)(C)C(C)C. The molecule has 20 heavy (non-hydrogen) atoms. The van der Waals surface area contributed by atoms with Crippen LogP contribution in [0.5, 0.6) is 0 Å². The first-order valence-corrected chi connectivity index (χ1v) is 8.03. The van der Waals surface area contributed by atoms with Gasteiger partial charge >= 0.3 is 0 Å². The third-order valence-corrected chi connectivity index (χ3v) is 7.22. The zero-order valence-corrected chi connectivity index (χ0v) is 15.9. The van der Waals surface area contributed by atoms with Gasteiger partial charge in [-0.1, -0.05) is 81.4 Å². The number of hydrogen-bond acceptors (Lipinski definition) is 1. The van der Waals surface area contributed by atoms with E-state index in [1.54, 1.807) is 0 Å². The van der Waals surface area contributed by atoms with E-state index in [0.29, 0.717) is 11.8 Å². The number of nitrogens with two attached hydrogens (primary N) is 1. The maximum absolute atomic E-state index is 6.82. The summed E-state index contributed by atoms with van der Waals surface area (Å²) < 4.78 is 0. The monoisotopic (exact) mass is 281 g/mol. The van der Waals surface area contributed by atoms with Crippen molar-refractivity contribution in [3.8, 4) is 0 Å². The van der Waals surface area contributed by atoms with Gasteiger partial charge in [0.05, 0.1) is 0 Å². The van der Waals surface area contributed by atoms with Crippen molar-refractivity contribution in [2.75, 3.05) is 0 Å². The van der Waals surface area contributed by atoms with Gasteiger partial charge in [-0.3, -0.25) is 0 Å². The van der Waals surface area contributed by atoms with E-state index in [9.17, 15) is 0 Å². The summed E-state index contributed by atoms with van der Waals surface area (Å²) in [6.45, 7) is 29.5. The molecule has 0 amide bonds. The first-order valence-electron chi connectivity index (χ1n) is 8.03. The van der Waals surface area contributed by atoms with Crippen molar-refractivity contribution in [1.82, 2.24) is 0 Å². The van der Waals surface area contributed by atoms with Crippen LogP contribution in [-0.2, 0) is 0 Å². The van der Waals surface area contributed by atoms with E-state index in [1.807, 2.05) is 0 Å². The van der Waals surface area contributed by atoms with Gasteiger partial charge in [0.25, 0.3) is 0 Å². The molecule has 0 aromatic heterocycles. The molecule has 1 nitrogen and oxygen atoms in total. The quantitative estimate of drug-likeness (QED) is 0.625. The average molecular weight is 282 g/mol. The van der Waals surface area contributed by atoms with E-state index < -0.39 is 5.54 Å². The smallest absolute Gasteiger partial charge is 0.0397 e. The molecule has 2 N–H and O–H groups in total. The molecule has 0 fully saturated rings. The van der Waals surface area contributed by atoms with Gasteiger partial charge in [0.15, 0.2) is 0 Å². The van der Waals surface area contributed by atoms with E-state index in [0.717, 1.165) is 0 Å². The maximum Gasteiger partial charge on any atom is 0.0397 e. The largest absolute Gasteiger partial charge is 0.321 e. The van der Waals surface area contributed by atoms with Gasteiger partial charge in [0.1, 0.15) is 0 Å². The molecule has 0 rings (SSSR count). The molecule has 0 aliphatic rings. The third kappa shape index (κ3) is 2.84. The molecule has 0 bridgehead atoms. The van der Waals surface area contributed by atoms with Gasteiger partial charge in [-0.2, -0.15) is 0 Å². The molecular formula is C19H39N. The van der Waals surface area contributed by atoms with Crippen LogP contribution in [0.4, 0.5) is 0 Å².